The van der Waals surface area contributed by atoms with Crippen LogP contribution in [0.1, 0.15) is 39.3 Å². The number of ether oxygens (including phenoxy) is 1. The van der Waals surface area contributed by atoms with Gasteiger partial charge in [-0.25, -0.2) is 9.78 Å². The van der Waals surface area contributed by atoms with Crippen molar-refractivity contribution in [1.82, 2.24) is 9.97 Å². The molecule has 24 heavy (non-hydrogen) atoms. The van der Waals surface area contributed by atoms with Gasteiger partial charge < -0.3 is 4.74 Å². The Morgan fingerprint density at radius 3 is 2.75 bits per heavy atom. The summed E-state index contributed by atoms with van der Waals surface area (Å²) in [7, 11) is 0. The molecule has 0 saturated heterocycles. The van der Waals surface area contributed by atoms with E-state index in [-0.39, 0.29) is 6.09 Å². The third-order valence-electron chi connectivity index (χ3n) is 3.68. The van der Waals surface area contributed by atoms with Crippen LogP contribution in [0.2, 0.25) is 0 Å². The minimum Gasteiger partial charge on any atom is -0.443 e. The van der Waals surface area contributed by atoms with Crippen molar-refractivity contribution in [2.75, 3.05) is 11.4 Å². The van der Waals surface area contributed by atoms with Crippen molar-refractivity contribution in [3.05, 3.63) is 30.2 Å². The Balaban J connectivity index is 1.90. The number of pyridine rings is 1. The lowest BCUT2D eigenvalue weighted by molar-refractivity contribution is 0.0579. The van der Waals surface area contributed by atoms with Gasteiger partial charge >= 0.3 is 6.09 Å². The molecule has 128 valence electrons. The quantitative estimate of drug-likeness (QED) is 0.808. The van der Waals surface area contributed by atoms with Crippen LogP contribution >= 0.6 is 11.3 Å². The van der Waals surface area contributed by atoms with Gasteiger partial charge in [-0.15, -0.1) is 0 Å². The number of hydrogen-bond donors (Lipinski definition) is 0. The zero-order chi connectivity index (χ0) is 17.3. The molecule has 5 nitrogen and oxygen atoms in total. The summed E-state index contributed by atoms with van der Waals surface area (Å²) in [6, 6.07) is 3.87. The highest BCUT2D eigenvalue weighted by molar-refractivity contribution is 7.19. The van der Waals surface area contributed by atoms with Gasteiger partial charge in [-0.3, -0.25) is 9.88 Å². The van der Waals surface area contributed by atoms with Crippen LogP contribution in [0.5, 0.6) is 0 Å². The average molecular weight is 345 g/mol. The molecule has 0 N–H and O–H groups in total. The van der Waals surface area contributed by atoms with E-state index in [1.807, 2.05) is 39.8 Å². The summed E-state index contributed by atoms with van der Waals surface area (Å²) < 4.78 is 5.61. The molecule has 0 aliphatic heterocycles. The minimum atomic E-state index is -0.510. The van der Waals surface area contributed by atoms with Crippen LogP contribution in [-0.2, 0) is 4.74 Å². The summed E-state index contributed by atoms with van der Waals surface area (Å²) >= 11 is 1.52. The smallest absolute Gasteiger partial charge is 0.415 e. The number of rotatable bonds is 4. The molecule has 0 spiro atoms. The first-order valence-electron chi connectivity index (χ1n) is 8.22. The number of anilines is 1. The standard InChI is InChI=1S/C18H23N3O2S/c1-12-16(24-15(20-12)14-6-5-9-19-10-14)21(11-13-7-8-13)17(22)23-18(2,3)4/h5-6,9-10,13H,7-8,11H2,1-4H3. The lowest BCUT2D eigenvalue weighted by Gasteiger charge is -2.26. The van der Waals surface area contributed by atoms with Crippen LogP contribution in [0.4, 0.5) is 9.80 Å². The van der Waals surface area contributed by atoms with Crippen molar-refractivity contribution in [1.29, 1.82) is 0 Å². The Morgan fingerprint density at radius 2 is 2.17 bits per heavy atom. The Labute approximate surface area is 146 Å². The van der Waals surface area contributed by atoms with Gasteiger partial charge in [0.2, 0.25) is 0 Å². The number of amides is 1. The van der Waals surface area contributed by atoms with Crippen molar-refractivity contribution in [2.45, 2.75) is 46.1 Å². The zero-order valence-corrected chi connectivity index (χ0v) is 15.4. The van der Waals surface area contributed by atoms with Crippen LogP contribution < -0.4 is 4.90 Å². The van der Waals surface area contributed by atoms with Gasteiger partial charge in [0, 0.05) is 24.5 Å². The summed E-state index contributed by atoms with van der Waals surface area (Å²) in [5.74, 6) is 0.570. The fourth-order valence-electron chi connectivity index (χ4n) is 2.37. The lowest BCUT2D eigenvalue weighted by Crippen LogP contribution is -2.38. The summed E-state index contributed by atoms with van der Waals surface area (Å²) in [5, 5.41) is 1.75. The van der Waals surface area contributed by atoms with E-state index in [0.717, 1.165) is 21.3 Å². The van der Waals surface area contributed by atoms with Crippen molar-refractivity contribution >= 4 is 22.4 Å². The zero-order valence-electron chi connectivity index (χ0n) is 14.6. The van der Waals surface area contributed by atoms with Crippen molar-refractivity contribution < 1.29 is 9.53 Å². The second-order valence-corrected chi connectivity index (χ2v) is 8.16. The van der Waals surface area contributed by atoms with E-state index in [1.54, 1.807) is 17.3 Å². The molecule has 0 radical (unpaired) electrons. The van der Waals surface area contributed by atoms with Gasteiger partial charge in [-0.05, 0) is 58.6 Å². The minimum absolute atomic E-state index is 0.293. The summed E-state index contributed by atoms with van der Waals surface area (Å²) in [6.07, 6.45) is 5.59. The molecule has 2 aromatic heterocycles. The molecular formula is C18H23N3O2S. The van der Waals surface area contributed by atoms with E-state index < -0.39 is 5.60 Å². The molecule has 0 aromatic carbocycles. The number of thiazole rings is 1. The highest BCUT2D eigenvalue weighted by atomic mass is 32.1. The van der Waals surface area contributed by atoms with E-state index in [1.165, 1.54) is 24.2 Å². The molecule has 2 heterocycles. The molecule has 1 saturated carbocycles. The predicted molar refractivity (Wildman–Crippen MR) is 96.4 cm³/mol. The maximum absolute atomic E-state index is 12.7. The molecule has 1 amide bonds. The SMILES string of the molecule is Cc1nc(-c2cccnc2)sc1N(CC1CC1)C(=O)OC(C)(C)C. The van der Waals surface area contributed by atoms with Crippen LogP contribution in [0, 0.1) is 12.8 Å². The first-order valence-corrected chi connectivity index (χ1v) is 9.03. The number of aryl methyl sites for hydroxylation is 1. The molecule has 3 rings (SSSR count). The van der Waals surface area contributed by atoms with E-state index in [0.29, 0.717) is 12.5 Å². The summed E-state index contributed by atoms with van der Waals surface area (Å²) in [5.41, 5.74) is 1.31. The van der Waals surface area contributed by atoms with E-state index >= 15 is 0 Å². The molecule has 1 aliphatic carbocycles. The average Bonchev–Trinajstić information content (AvgIpc) is 3.25. The third-order valence-corrected chi connectivity index (χ3v) is 4.91. The second kappa shape index (κ2) is 6.51. The first kappa shape index (κ1) is 16.9. The number of hydrogen-bond acceptors (Lipinski definition) is 5. The van der Waals surface area contributed by atoms with Crippen LogP contribution in [0.3, 0.4) is 0 Å². The Morgan fingerprint density at radius 1 is 1.42 bits per heavy atom. The van der Waals surface area contributed by atoms with E-state index in [9.17, 15) is 4.79 Å². The Hall–Kier alpha value is -1.95. The normalized spacial score (nSPS) is 14.5. The van der Waals surface area contributed by atoms with Crippen molar-refractivity contribution in [3.8, 4) is 10.6 Å². The Kier molecular flexibility index (Phi) is 4.58. The summed E-state index contributed by atoms with van der Waals surface area (Å²) in [6.45, 7) is 8.31. The van der Waals surface area contributed by atoms with Gasteiger partial charge in [0.1, 0.15) is 15.6 Å². The molecule has 1 aliphatic rings. The van der Waals surface area contributed by atoms with Gasteiger partial charge in [0.05, 0.1) is 5.69 Å². The maximum atomic E-state index is 12.7. The maximum Gasteiger partial charge on any atom is 0.415 e. The van der Waals surface area contributed by atoms with E-state index in [2.05, 4.69) is 9.97 Å². The van der Waals surface area contributed by atoms with Gasteiger partial charge in [0.25, 0.3) is 0 Å². The van der Waals surface area contributed by atoms with Crippen LogP contribution in [-0.4, -0.2) is 28.2 Å². The predicted octanol–water partition coefficient (Wildman–Crippen LogP) is 4.67. The molecule has 2 aromatic rings. The molecule has 0 unspecified atom stereocenters. The number of aromatic nitrogens is 2. The Bertz CT molecular complexity index is 718. The van der Waals surface area contributed by atoms with Gasteiger partial charge in [0.15, 0.2) is 0 Å². The van der Waals surface area contributed by atoms with Crippen LogP contribution in [0.15, 0.2) is 24.5 Å². The van der Waals surface area contributed by atoms with Gasteiger partial charge in [-0.1, -0.05) is 11.3 Å². The monoisotopic (exact) mass is 345 g/mol. The number of nitrogens with zero attached hydrogens (tertiary/aromatic N) is 3. The van der Waals surface area contributed by atoms with Crippen molar-refractivity contribution in [2.24, 2.45) is 5.92 Å². The second-order valence-electron chi connectivity index (χ2n) is 7.19. The highest BCUT2D eigenvalue weighted by Crippen LogP contribution is 2.38. The molecular weight excluding hydrogens is 322 g/mol. The van der Waals surface area contributed by atoms with Crippen molar-refractivity contribution in [3.63, 3.8) is 0 Å². The number of carbonyl (C=O) groups excluding carboxylic acids is 1. The van der Waals surface area contributed by atoms with Gasteiger partial charge in [-0.2, -0.15) is 0 Å². The topological polar surface area (TPSA) is 55.3 Å². The third kappa shape index (κ3) is 4.12. The lowest BCUT2D eigenvalue weighted by atomic mass is 10.2. The highest BCUT2D eigenvalue weighted by Gasteiger charge is 2.32. The molecule has 1 fully saturated rings. The molecule has 6 heteroatoms. The molecule has 0 bridgehead atoms. The first-order chi connectivity index (χ1) is 11.3. The largest absolute Gasteiger partial charge is 0.443 e. The molecule has 0 atom stereocenters. The fourth-order valence-corrected chi connectivity index (χ4v) is 3.42. The number of carbonyl (C=O) groups is 1. The van der Waals surface area contributed by atoms with E-state index in [4.69, 9.17) is 4.74 Å². The fraction of sp³-hybridized carbons (Fsp3) is 0.500. The van der Waals surface area contributed by atoms with Crippen LogP contribution in [0.25, 0.3) is 10.6 Å². The summed E-state index contributed by atoms with van der Waals surface area (Å²) in [4.78, 5) is 23.2.